The fourth-order valence-corrected chi connectivity index (χ4v) is 4.37. The molecule has 0 radical (unpaired) electrons. The molecule has 6 nitrogen and oxygen atoms in total. The standard InChI is InChI=1S/C20H21BrN4O2S/c1-10-14-11(2)22-19(20(3,4)5)23-18(14)28-15(10)17(27)25-24-16(26)12-8-6-7-9-13(12)21/h6-9H,1-5H3,(H,24,26)(H,25,27). The molecule has 2 aromatic heterocycles. The van der Waals surface area contributed by atoms with Crippen LogP contribution in [0.25, 0.3) is 10.2 Å². The highest BCUT2D eigenvalue weighted by molar-refractivity contribution is 9.10. The Hall–Kier alpha value is -2.32. The molecule has 8 heteroatoms. The summed E-state index contributed by atoms with van der Waals surface area (Å²) in [5, 5.41) is 0.889. The molecule has 28 heavy (non-hydrogen) atoms. The van der Waals surface area contributed by atoms with E-state index in [0.717, 1.165) is 27.3 Å². The van der Waals surface area contributed by atoms with Gasteiger partial charge in [0, 0.05) is 15.3 Å². The predicted molar refractivity (Wildman–Crippen MR) is 115 cm³/mol. The van der Waals surface area contributed by atoms with E-state index in [1.807, 2.05) is 19.9 Å². The van der Waals surface area contributed by atoms with Gasteiger partial charge in [-0.05, 0) is 47.5 Å². The van der Waals surface area contributed by atoms with Gasteiger partial charge in [0.05, 0.1) is 16.1 Å². The Morgan fingerprint density at radius 2 is 1.68 bits per heavy atom. The maximum atomic E-state index is 12.7. The largest absolute Gasteiger partial charge is 0.280 e. The number of nitrogens with zero attached hydrogens (tertiary/aromatic N) is 2. The first kappa shape index (κ1) is 20.4. The Morgan fingerprint density at radius 1 is 1.04 bits per heavy atom. The summed E-state index contributed by atoms with van der Waals surface area (Å²) in [4.78, 5) is 35.5. The molecule has 0 saturated heterocycles. The van der Waals surface area contributed by atoms with Crippen LogP contribution >= 0.6 is 27.3 Å². The molecule has 146 valence electrons. The van der Waals surface area contributed by atoms with Crippen molar-refractivity contribution in [2.75, 3.05) is 0 Å². The molecule has 0 spiro atoms. The minimum Gasteiger partial charge on any atom is -0.267 e. The number of halogens is 1. The number of hydrazine groups is 1. The number of thiophene rings is 1. The maximum Gasteiger partial charge on any atom is 0.280 e. The van der Waals surface area contributed by atoms with Gasteiger partial charge in [-0.1, -0.05) is 32.9 Å². The van der Waals surface area contributed by atoms with Crippen LogP contribution in [0, 0.1) is 13.8 Å². The van der Waals surface area contributed by atoms with Crippen LogP contribution in [0.4, 0.5) is 0 Å². The number of aryl methyl sites for hydroxylation is 2. The van der Waals surface area contributed by atoms with Crippen LogP contribution in [-0.2, 0) is 5.41 Å². The number of hydrogen-bond donors (Lipinski definition) is 2. The molecule has 0 aliphatic rings. The van der Waals surface area contributed by atoms with Crippen LogP contribution < -0.4 is 10.9 Å². The third-order valence-corrected chi connectivity index (χ3v) is 6.13. The van der Waals surface area contributed by atoms with Gasteiger partial charge in [0.25, 0.3) is 11.8 Å². The number of hydrogen-bond acceptors (Lipinski definition) is 5. The summed E-state index contributed by atoms with van der Waals surface area (Å²) in [6.45, 7) is 9.96. The summed E-state index contributed by atoms with van der Waals surface area (Å²) in [5.74, 6) is -0.0314. The van der Waals surface area contributed by atoms with E-state index in [1.54, 1.807) is 18.2 Å². The molecule has 0 aliphatic heterocycles. The van der Waals surface area contributed by atoms with Gasteiger partial charge in [-0.3, -0.25) is 20.4 Å². The quantitative estimate of drug-likeness (QED) is 0.553. The highest BCUT2D eigenvalue weighted by atomic mass is 79.9. The van der Waals surface area contributed by atoms with Crippen molar-refractivity contribution in [3.63, 3.8) is 0 Å². The summed E-state index contributed by atoms with van der Waals surface area (Å²) in [6, 6.07) is 7.01. The van der Waals surface area contributed by atoms with Crippen molar-refractivity contribution in [3.8, 4) is 0 Å². The highest BCUT2D eigenvalue weighted by Crippen LogP contribution is 2.33. The topological polar surface area (TPSA) is 84.0 Å². The Morgan fingerprint density at radius 3 is 2.32 bits per heavy atom. The third kappa shape index (κ3) is 3.93. The lowest BCUT2D eigenvalue weighted by atomic mass is 9.95. The smallest absolute Gasteiger partial charge is 0.267 e. The summed E-state index contributed by atoms with van der Waals surface area (Å²) in [5.41, 5.74) is 6.87. The van der Waals surface area contributed by atoms with E-state index in [4.69, 9.17) is 0 Å². The molecule has 2 heterocycles. The van der Waals surface area contributed by atoms with Gasteiger partial charge >= 0.3 is 0 Å². The zero-order valence-corrected chi connectivity index (χ0v) is 18.7. The van der Waals surface area contributed by atoms with Crippen LogP contribution in [0.2, 0.25) is 0 Å². The van der Waals surface area contributed by atoms with Crippen LogP contribution in [-0.4, -0.2) is 21.8 Å². The van der Waals surface area contributed by atoms with Gasteiger partial charge in [-0.2, -0.15) is 0 Å². The number of benzene rings is 1. The average molecular weight is 461 g/mol. The lowest BCUT2D eigenvalue weighted by Gasteiger charge is -2.16. The third-order valence-electron chi connectivity index (χ3n) is 4.26. The number of amides is 2. The SMILES string of the molecule is Cc1nc(C(C)(C)C)nc2sc(C(=O)NNC(=O)c3ccccc3Br)c(C)c12. The van der Waals surface area contributed by atoms with Crippen molar-refractivity contribution in [1.29, 1.82) is 0 Å². The van der Waals surface area contributed by atoms with E-state index in [2.05, 4.69) is 57.5 Å². The molecule has 2 amide bonds. The van der Waals surface area contributed by atoms with Crippen molar-refractivity contribution >= 4 is 49.3 Å². The van der Waals surface area contributed by atoms with E-state index in [9.17, 15) is 9.59 Å². The number of carbonyl (C=O) groups excluding carboxylic acids is 2. The van der Waals surface area contributed by atoms with E-state index in [1.165, 1.54) is 11.3 Å². The number of nitrogens with one attached hydrogen (secondary N) is 2. The molecule has 0 unspecified atom stereocenters. The molecule has 0 aliphatic carbocycles. The molecule has 1 aromatic carbocycles. The van der Waals surface area contributed by atoms with Gasteiger partial charge in [0.15, 0.2) is 0 Å². The van der Waals surface area contributed by atoms with Crippen molar-refractivity contribution in [1.82, 2.24) is 20.8 Å². The Balaban J connectivity index is 1.86. The van der Waals surface area contributed by atoms with Crippen molar-refractivity contribution in [2.24, 2.45) is 0 Å². The second-order valence-corrected chi connectivity index (χ2v) is 9.36. The number of carbonyl (C=O) groups is 2. The van der Waals surface area contributed by atoms with Gasteiger partial charge in [-0.25, -0.2) is 9.97 Å². The first-order chi connectivity index (χ1) is 13.1. The van der Waals surface area contributed by atoms with Crippen molar-refractivity contribution in [3.05, 3.63) is 56.3 Å². The Labute approximate surface area is 175 Å². The fraction of sp³-hybridized carbons (Fsp3) is 0.300. The highest BCUT2D eigenvalue weighted by Gasteiger charge is 2.23. The van der Waals surface area contributed by atoms with E-state index in [0.29, 0.717) is 14.9 Å². The summed E-state index contributed by atoms with van der Waals surface area (Å²) < 4.78 is 0.653. The molecular formula is C20H21BrN4O2S. The number of aromatic nitrogens is 2. The van der Waals surface area contributed by atoms with Crippen LogP contribution in [0.5, 0.6) is 0 Å². The molecule has 2 N–H and O–H groups in total. The summed E-state index contributed by atoms with van der Waals surface area (Å²) >= 11 is 4.63. The lowest BCUT2D eigenvalue weighted by Crippen LogP contribution is -2.41. The second-order valence-electron chi connectivity index (χ2n) is 7.51. The van der Waals surface area contributed by atoms with Gasteiger partial charge in [0.1, 0.15) is 10.7 Å². The van der Waals surface area contributed by atoms with Gasteiger partial charge in [-0.15, -0.1) is 11.3 Å². The maximum absolute atomic E-state index is 12.7. The average Bonchev–Trinajstić information content (AvgIpc) is 2.96. The number of rotatable bonds is 2. The molecule has 0 saturated carbocycles. The van der Waals surface area contributed by atoms with Crippen molar-refractivity contribution < 1.29 is 9.59 Å². The van der Waals surface area contributed by atoms with E-state index < -0.39 is 5.91 Å². The zero-order valence-electron chi connectivity index (χ0n) is 16.3. The summed E-state index contributed by atoms with van der Waals surface area (Å²) in [7, 11) is 0. The number of fused-ring (bicyclic) bond motifs is 1. The Bertz CT molecular complexity index is 1090. The van der Waals surface area contributed by atoms with Crippen LogP contribution in [0.1, 0.15) is 57.9 Å². The van der Waals surface area contributed by atoms with E-state index in [-0.39, 0.29) is 11.3 Å². The normalized spacial score (nSPS) is 11.5. The molecule has 0 atom stereocenters. The van der Waals surface area contributed by atoms with Crippen LogP contribution in [0.3, 0.4) is 0 Å². The fourth-order valence-electron chi connectivity index (χ4n) is 2.77. The molecule has 0 fully saturated rings. The van der Waals surface area contributed by atoms with E-state index >= 15 is 0 Å². The van der Waals surface area contributed by atoms with Gasteiger partial charge < -0.3 is 0 Å². The first-order valence-corrected chi connectivity index (χ1v) is 10.3. The minimum absolute atomic E-state index is 0.184. The second kappa shape index (κ2) is 7.60. The molecule has 3 rings (SSSR count). The monoisotopic (exact) mass is 460 g/mol. The molecule has 3 aromatic rings. The Kier molecular flexibility index (Phi) is 5.54. The first-order valence-electron chi connectivity index (χ1n) is 8.73. The minimum atomic E-state index is -0.398. The van der Waals surface area contributed by atoms with Gasteiger partial charge in [0.2, 0.25) is 0 Å². The van der Waals surface area contributed by atoms with Crippen molar-refractivity contribution in [2.45, 2.75) is 40.0 Å². The van der Waals surface area contributed by atoms with Crippen LogP contribution in [0.15, 0.2) is 28.7 Å². The zero-order chi connectivity index (χ0) is 20.6. The summed E-state index contributed by atoms with van der Waals surface area (Å²) in [6.07, 6.45) is 0. The molecule has 0 bridgehead atoms. The predicted octanol–water partition coefficient (Wildman–Crippen LogP) is 4.44. The lowest BCUT2D eigenvalue weighted by molar-refractivity contribution is 0.0848. The molecular weight excluding hydrogens is 440 g/mol.